The van der Waals surface area contributed by atoms with Crippen LogP contribution in [-0.4, -0.2) is 15.5 Å². The maximum Gasteiger partial charge on any atom is 0.450 e. The number of alkyl halides is 6. The topological polar surface area (TPSA) is 46.9 Å². The Bertz CT molecular complexity index is 1360. The SMILES string of the molecule is O=C(Nc1ccc(-n2c(C(F)(F)F)nc3ccccc32)c(C(F)(F)F)c1)c1ccccc1F. The van der Waals surface area contributed by atoms with Gasteiger partial charge in [-0.25, -0.2) is 9.37 Å². The zero-order valence-corrected chi connectivity index (χ0v) is 16.3. The van der Waals surface area contributed by atoms with Crippen molar-refractivity contribution < 1.29 is 35.5 Å². The monoisotopic (exact) mass is 467 g/mol. The number of hydrogen-bond donors (Lipinski definition) is 1. The second kappa shape index (κ2) is 7.91. The lowest BCUT2D eigenvalue weighted by atomic mass is 10.1. The summed E-state index contributed by atoms with van der Waals surface area (Å²) in [6, 6.07) is 12.4. The summed E-state index contributed by atoms with van der Waals surface area (Å²) in [5.41, 5.74) is -3.38. The van der Waals surface area contributed by atoms with Crippen molar-refractivity contribution in [3.8, 4) is 5.69 Å². The van der Waals surface area contributed by atoms with E-state index in [0.29, 0.717) is 10.6 Å². The minimum atomic E-state index is -5.08. The Morgan fingerprint density at radius 1 is 0.848 bits per heavy atom. The summed E-state index contributed by atoms with van der Waals surface area (Å²) in [6.45, 7) is 0. The number of anilines is 1. The van der Waals surface area contributed by atoms with Gasteiger partial charge < -0.3 is 5.32 Å². The van der Waals surface area contributed by atoms with Gasteiger partial charge >= 0.3 is 12.4 Å². The van der Waals surface area contributed by atoms with Gasteiger partial charge in [0.15, 0.2) is 0 Å². The summed E-state index contributed by atoms with van der Waals surface area (Å²) in [7, 11) is 0. The quantitative estimate of drug-likeness (QED) is 0.352. The van der Waals surface area contributed by atoms with Crippen molar-refractivity contribution in [2.45, 2.75) is 12.4 Å². The maximum atomic E-state index is 13.9. The largest absolute Gasteiger partial charge is 0.450 e. The number of amides is 1. The number of hydrogen-bond acceptors (Lipinski definition) is 2. The summed E-state index contributed by atoms with van der Waals surface area (Å²) in [6.07, 6.45) is -10.1. The summed E-state index contributed by atoms with van der Waals surface area (Å²) < 4.78 is 96.7. The molecule has 33 heavy (non-hydrogen) atoms. The first-order valence-corrected chi connectivity index (χ1v) is 9.29. The fourth-order valence-corrected chi connectivity index (χ4v) is 3.34. The first kappa shape index (κ1) is 22.3. The van der Waals surface area contributed by atoms with Crippen LogP contribution in [0.2, 0.25) is 0 Å². The first-order chi connectivity index (χ1) is 15.5. The van der Waals surface area contributed by atoms with Crippen molar-refractivity contribution in [2.24, 2.45) is 0 Å². The van der Waals surface area contributed by atoms with E-state index in [-0.39, 0.29) is 16.7 Å². The molecule has 0 aliphatic rings. The average Bonchev–Trinajstić information content (AvgIpc) is 3.13. The average molecular weight is 467 g/mol. The van der Waals surface area contributed by atoms with Gasteiger partial charge in [-0.05, 0) is 42.5 Å². The number of carbonyl (C=O) groups excluding carboxylic acids is 1. The molecular formula is C22H12F7N3O. The minimum Gasteiger partial charge on any atom is -0.322 e. The Morgan fingerprint density at radius 3 is 2.18 bits per heavy atom. The van der Waals surface area contributed by atoms with E-state index in [9.17, 15) is 35.5 Å². The van der Waals surface area contributed by atoms with Gasteiger partial charge in [-0.2, -0.15) is 26.3 Å². The van der Waals surface area contributed by atoms with E-state index in [4.69, 9.17) is 0 Å². The summed E-state index contributed by atoms with van der Waals surface area (Å²) >= 11 is 0. The minimum absolute atomic E-state index is 0.144. The van der Waals surface area contributed by atoms with Crippen molar-refractivity contribution in [1.82, 2.24) is 9.55 Å². The molecule has 0 spiro atoms. The molecule has 1 amide bonds. The van der Waals surface area contributed by atoms with Crippen LogP contribution in [0.4, 0.5) is 36.4 Å². The van der Waals surface area contributed by atoms with E-state index in [1.54, 1.807) is 0 Å². The molecule has 0 unspecified atom stereocenters. The molecule has 0 bridgehead atoms. The van der Waals surface area contributed by atoms with Crippen molar-refractivity contribution >= 4 is 22.6 Å². The van der Waals surface area contributed by atoms with Gasteiger partial charge in [-0.15, -0.1) is 0 Å². The van der Waals surface area contributed by atoms with Crippen LogP contribution >= 0.6 is 0 Å². The number of benzene rings is 3. The third kappa shape index (κ3) is 4.26. The standard InChI is InChI=1S/C22H12F7N3O/c23-15-6-2-1-5-13(15)19(33)30-12-9-10-17(14(11-12)21(24,25)26)32-18-8-4-3-7-16(18)31-20(32)22(27,28)29/h1-11H,(H,30,33). The predicted octanol–water partition coefficient (Wildman–Crippen LogP) is 6.45. The molecule has 0 atom stereocenters. The number of para-hydroxylation sites is 2. The number of halogens is 7. The maximum absolute atomic E-state index is 13.9. The number of imidazole rings is 1. The lowest BCUT2D eigenvalue weighted by Crippen LogP contribution is -2.19. The van der Waals surface area contributed by atoms with Gasteiger partial charge in [-0.3, -0.25) is 9.36 Å². The van der Waals surface area contributed by atoms with Crippen LogP contribution in [0.25, 0.3) is 16.7 Å². The molecule has 0 fully saturated rings. The molecule has 0 aliphatic heterocycles. The van der Waals surface area contributed by atoms with Gasteiger partial charge in [0, 0.05) is 5.69 Å². The van der Waals surface area contributed by atoms with Crippen LogP contribution in [-0.2, 0) is 12.4 Å². The van der Waals surface area contributed by atoms with Gasteiger partial charge in [-0.1, -0.05) is 24.3 Å². The van der Waals surface area contributed by atoms with Crippen LogP contribution in [0, 0.1) is 5.82 Å². The Kier molecular flexibility index (Phi) is 5.35. The molecule has 0 saturated carbocycles. The number of nitrogens with zero attached hydrogens (tertiary/aromatic N) is 2. The van der Waals surface area contributed by atoms with Crippen LogP contribution in [0.1, 0.15) is 21.7 Å². The van der Waals surface area contributed by atoms with Gasteiger partial charge in [0.2, 0.25) is 5.82 Å². The second-order valence-electron chi connectivity index (χ2n) is 6.92. The predicted molar refractivity (Wildman–Crippen MR) is 105 cm³/mol. The third-order valence-corrected chi connectivity index (χ3v) is 4.73. The Hall–Kier alpha value is -3.89. The number of aromatic nitrogens is 2. The van der Waals surface area contributed by atoms with E-state index in [2.05, 4.69) is 10.3 Å². The Labute approximate surface area is 181 Å². The fourth-order valence-electron chi connectivity index (χ4n) is 3.34. The molecule has 11 heteroatoms. The number of rotatable bonds is 3. The molecule has 4 aromatic rings. The van der Waals surface area contributed by atoms with Crippen LogP contribution in [0.5, 0.6) is 0 Å². The molecule has 170 valence electrons. The number of nitrogens with one attached hydrogen (secondary N) is 1. The highest BCUT2D eigenvalue weighted by Gasteiger charge is 2.41. The molecular weight excluding hydrogens is 455 g/mol. The third-order valence-electron chi connectivity index (χ3n) is 4.73. The fraction of sp³-hybridized carbons (Fsp3) is 0.0909. The molecule has 4 rings (SSSR count). The number of fused-ring (bicyclic) bond motifs is 1. The summed E-state index contributed by atoms with van der Waals surface area (Å²) in [5.74, 6) is -3.43. The van der Waals surface area contributed by atoms with Crippen LogP contribution in [0.3, 0.4) is 0 Å². The summed E-state index contributed by atoms with van der Waals surface area (Å²) in [4.78, 5) is 15.7. The van der Waals surface area contributed by atoms with Gasteiger partial charge in [0.1, 0.15) is 5.82 Å². The Balaban J connectivity index is 1.87. The molecule has 3 aromatic carbocycles. The molecule has 1 heterocycles. The molecule has 1 N–H and O–H groups in total. The van der Waals surface area contributed by atoms with Crippen molar-refractivity contribution in [2.75, 3.05) is 5.32 Å². The molecule has 4 nitrogen and oxygen atoms in total. The zero-order chi connectivity index (χ0) is 24.0. The lowest BCUT2D eigenvalue weighted by molar-refractivity contribution is -0.147. The van der Waals surface area contributed by atoms with Gasteiger partial charge in [0.05, 0.1) is 27.8 Å². The molecule has 0 saturated heterocycles. The first-order valence-electron chi connectivity index (χ1n) is 9.29. The van der Waals surface area contributed by atoms with E-state index >= 15 is 0 Å². The highest BCUT2D eigenvalue weighted by Crippen LogP contribution is 2.40. The second-order valence-corrected chi connectivity index (χ2v) is 6.92. The highest BCUT2D eigenvalue weighted by molar-refractivity contribution is 6.04. The Morgan fingerprint density at radius 2 is 1.52 bits per heavy atom. The molecule has 0 radical (unpaired) electrons. The molecule has 1 aromatic heterocycles. The van der Waals surface area contributed by atoms with Crippen LogP contribution < -0.4 is 5.32 Å². The smallest absolute Gasteiger partial charge is 0.322 e. The normalized spacial score (nSPS) is 12.2. The van der Waals surface area contributed by atoms with Crippen LogP contribution in [0.15, 0.2) is 66.7 Å². The van der Waals surface area contributed by atoms with Crippen molar-refractivity contribution in [3.63, 3.8) is 0 Å². The molecule has 0 aliphatic carbocycles. The van der Waals surface area contributed by atoms with E-state index in [1.165, 1.54) is 36.4 Å². The van der Waals surface area contributed by atoms with E-state index in [1.807, 2.05) is 0 Å². The van der Waals surface area contributed by atoms with Crippen molar-refractivity contribution in [3.05, 3.63) is 89.5 Å². The van der Waals surface area contributed by atoms with Crippen molar-refractivity contribution in [1.29, 1.82) is 0 Å². The summed E-state index contributed by atoms with van der Waals surface area (Å²) in [5, 5.41) is 2.14. The van der Waals surface area contributed by atoms with E-state index < -0.39 is 46.7 Å². The zero-order valence-electron chi connectivity index (χ0n) is 16.3. The highest BCUT2D eigenvalue weighted by atomic mass is 19.4. The number of carbonyl (C=O) groups is 1. The van der Waals surface area contributed by atoms with Gasteiger partial charge in [0.25, 0.3) is 5.91 Å². The van der Waals surface area contributed by atoms with E-state index in [0.717, 1.165) is 24.3 Å². The lowest BCUT2D eigenvalue weighted by Gasteiger charge is -2.18.